The summed E-state index contributed by atoms with van der Waals surface area (Å²) in [6.45, 7) is 0. The largest absolute Gasteiger partial charge is 0.527 e. The molecule has 128 valence electrons. The van der Waals surface area contributed by atoms with Gasteiger partial charge in [-0.05, 0) is 0 Å². The minimum atomic E-state index is -4.94. The second kappa shape index (κ2) is 9.81. The lowest BCUT2D eigenvalue weighted by Gasteiger charge is -2.08. The number of rotatable bonds is 7. The topological polar surface area (TPSA) is 248 Å². The van der Waals surface area contributed by atoms with Crippen molar-refractivity contribution in [1.29, 1.82) is 0 Å². The lowest BCUT2D eigenvalue weighted by atomic mass is 10.2. The number of phosphoric ester groups is 1. The predicted octanol–water partition coefficient (Wildman–Crippen LogP) is -2.70. The molecule has 0 aromatic heterocycles. The molecule has 0 spiro atoms. The maximum absolute atomic E-state index is 10.6. The van der Waals surface area contributed by atoms with Crippen LogP contribution in [0.4, 0.5) is 0 Å². The maximum Gasteiger partial charge on any atom is 0.527 e. The molecule has 0 heterocycles. The Kier molecular flexibility index (Phi) is 9.91. The summed E-state index contributed by atoms with van der Waals surface area (Å²) in [5.74, 6) is -5.31. The van der Waals surface area contributed by atoms with Gasteiger partial charge in [0.2, 0.25) is 0 Å². The molecule has 0 rings (SSSR count). The third-order valence-corrected chi connectivity index (χ3v) is 2.04. The Balaban J connectivity index is 0. The highest BCUT2D eigenvalue weighted by Gasteiger charge is 2.26. The van der Waals surface area contributed by atoms with Crippen molar-refractivity contribution in [1.82, 2.24) is 0 Å². The number of carboxylic acids is 3. The molecule has 14 heteroatoms. The van der Waals surface area contributed by atoms with Gasteiger partial charge in [-0.1, -0.05) is 0 Å². The van der Waals surface area contributed by atoms with Crippen LogP contribution in [-0.2, 0) is 28.3 Å². The van der Waals surface area contributed by atoms with Crippen molar-refractivity contribution >= 4 is 31.7 Å². The highest BCUT2D eigenvalue weighted by atomic mass is 31.2. The average molecular weight is 346 g/mol. The fraction of sp³-hybridized carbons (Fsp3) is 0.500. The molecule has 0 aromatic rings. The molecule has 13 nitrogen and oxygen atoms in total. The van der Waals surface area contributed by atoms with E-state index in [-0.39, 0.29) is 0 Å². The number of hydrogen-bond donors (Lipinski definition) is 7. The number of phosphoric acid groups is 1. The van der Waals surface area contributed by atoms with E-state index in [4.69, 9.17) is 36.6 Å². The van der Waals surface area contributed by atoms with E-state index >= 15 is 0 Å². The van der Waals surface area contributed by atoms with E-state index in [0.717, 1.165) is 0 Å². The Labute approximate surface area is 122 Å². The normalized spacial score (nSPS) is 13.1. The van der Waals surface area contributed by atoms with E-state index in [1.165, 1.54) is 0 Å². The van der Waals surface area contributed by atoms with Crippen LogP contribution >= 0.6 is 7.82 Å². The molecule has 0 fully saturated rings. The van der Waals surface area contributed by atoms with Crippen LogP contribution in [0.25, 0.3) is 0 Å². The van der Waals surface area contributed by atoms with Gasteiger partial charge in [0.15, 0.2) is 0 Å². The van der Waals surface area contributed by atoms with E-state index in [0.29, 0.717) is 0 Å². The van der Waals surface area contributed by atoms with E-state index in [1.807, 2.05) is 0 Å². The molecule has 22 heavy (non-hydrogen) atoms. The van der Waals surface area contributed by atoms with Gasteiger partial charge < -0.3 is 31.3 Å². The maximum atomic E-state index is 10.6. The van der Waals surface area contributed by atoms with Crippen LogP contribution in [0.15, 0.2) is 0 Å². The van der Waals surface area contributed by atoms with Gasteiger partial charge in [-0.3, -0.25) is 24.2 Å². The van der Waals surface area contributed by atoms with Crippen molar-refractivity contribution < 1.29 is 53.4 Å². The minimum absolute atomic E-state index is 0.532. The van der Waals surface area contributed by atoms with Crippen molar-refractivity contribution in [2.75, 3.05) is 0 Å². The van der Waals surface area contributed by atoms with Gasteiger partial charge in [-0.15, -0.1) is 0 Å². The molecule has 0 bridgehead atoms. The van der Waals surface area contributed by atoms with Gasteiger partial charge >= 0.3 is 31.7 Å². The first-order chi connectivity index (χ1) is 9.76. The molecule has 0 radical (unpaired) electrons. The number of carbonyl (C=O) groups is 4. The predicted molar refractivity (Wildman–Crippen MR) is 66.2 cm³/mol. The quantitative estimate of drug-likeness (QED) is 0.232. The average Bonchev–Trinajstić information content (AvgIpc) is 2.25. The highest BCUT2D eigenvalue weighted by Crippen LogP contribution is 2.36. The van der Waals surface area contributed by atoms with Crippen LogP contribution < -0.4 is 11.5 Å². The lowest BCUT2D eigenvalue weighted by molar-refractivity contribution is -0.144. The molecule has 0 aliphatic heterocycles. The Bertz CT molecular complexity index is 473. The Morgan fingerprint density at radius 2 is 1.27 bits per heavy atom. The fourth-order valence-electron chi connectivity index (χ4n) is 0.732. The van der Waals surface area contributed by atoms with Crippen LogP contribution in [0.3, 0.4) is 0 Å². The molecule has 0 aromatic carbocycles. The van der Waals surface area contributed by atoms with Crippen LogP contribution in [0.2, 0.25) is 0 Å². The van der Waals surface area contributed by atoms with Crippen LogP contribution in [0.5, 0.6) is 0 Å². The van der Waals surface area contributed by atoms with Gasteiger partial charge in [0.1, 0.15) is 12.1 Å². The van der Waals surface area contributed by atoms with Crippen molar-refractivity contribution in [3.8, 4) is 0 Å². The summed E-state index contributed by atoms with van der Waals surface area (Å²) in [4.78, 5) is 56.5. The zero-order valence-electron chi connectivity index (χ0n) is 10.9. The molecule has 0 saturated heterocycles. The lowest BCUT2D eigenvalue weighted by Crippen LogP contribution is -2.33. The fourth-order valence-corrected chi connectivity index (χ4v) is 1.10. The molecule has 0 aliphatic rings. The number of carboxylic acid groups (broad SMARTS) is 3. The van der Waals surface area contributed by atoms with Crippen molar-refractivity contribution in [2.45, 2.75) is 24.9 Å². The number of carbonyl (C=O) groups excluding carboxylic acids is 1. The second-order valence-corrected chi connectivity index (χ2v) is 4.81. The smallest absolute Gasteiger partial charge is 0.481 e. The monoisotopic (exact) mass is 346 g/mol. The Morgan fingerprint density at radius 3 is 1.50 bits per heavy atom. The molecule has 0 aliphatic carbocycles. The Morgan fingerprint density at radius 1 is 0.909 bits per heavy atom. The van der Waals surface area contributed by atoms with Gasteiger partial charge in [0.05, 0.1) is 12.8 Å². The van der Waals surface area contributed by atoms with Gasteiger partial charge in [-0.2, -0.15) is 0 Å². The molecular formula is C8H15N2O11P. The third kappa shape index (κ3) is 14.4. The minimum Gasteiger partial charge on any atom is -0.481 e. The summed E-state index contributed by atoms with van der Waals surface area (Å²) in [7, 11) is -4.94. The van der Waals surface area contributed by atoms with E-state index in [9.17, 15) is 23.7 Å². The highest BCUT2D eigenvalue weighted by molar-refractivity contribution is 7.46. The summed E-state index contributed by atoms with van der Waals surface area (Å²) in [5, 5.41) is 24.2. The van der Waals surface area contributed by atoms with E-state index < -0.39 is 56.6 Å². The first-order valence-corrected chi connectivity index (χ1v) is 6.75. The standard InChI is InChI=1S/C4H8NO7P.C4H7NO4/c5-2(1-3(6)7)4(8)12-13(9,10)11;5-2(4(8)9)1-3(6)7/h2H,1,5H2,(H,6,7)(H2,9,10,11);2H,1,5H2,(H,6,7)(H,8,9). The summed E-state index contributed by atoms with van der Waals surface area (Å²) in [6.07, 6.45) is -1.28. The van der Waals surface area contributed by atoms with Crippen molar-refractivity contribution in [2.24, 2.45) is 11.5 Å². The summed E-state index contributed by atoms with van der Waals surface area (Å²) in [5.41, 5.74) is 9.76. The molecule has 0 amide bonds. The second-order valence-electron chi connectivity index (χ2n) is 3.65. The molecule has 0 saturated carbocycles. The van der Waals surface area contributed by atoms with Crippen molar-refractivity contribution in [3.05, 3.63) is 0 Å². The van der Waals surface area contributed by atoms with Crippen LogP contribution in [-0.4, -0.2) is 61.1 Å². The van der Waals surface area contributed by atoms with Gasteiger partial charge in [-0.25, -0.2) is 9.36 Å². The Hall–Kier alpha value is -2.05. The first-order valence-electron chi connectivity index (χ1n) is 5.22. The van der Waals surface area contributed by atoms with E-state index in [1.54, 1.807) is 0 Å². The summed E-state index contributed by atoms with van der Waals surface area (Å²) >= 11 is 0. The van der Waals surface area contributed by atoms with Crippen LogP contribution in [0, 0.1) is 0 Å². The SMILES string of the molecule is NC(CC(=O)O)C(=O)O.NC(CC(=O)O)C(=O)OP(=O)(O)O. The number of aliphatic carboxylic acids is 3. The number of hydrogen-bond acceptors (Lipinski definition) is 8. The molecule has 2 atom stereocenters. The van der Waals surface area contributed by atoms with Gasteiger partial charge in [0, 0.05) is 0 Å². The van der Waals surface area contributed by atoms with E-state index in [2.05, 4.69) is 4.52 Å². The molecule has 9 N–H and O–H groups in total. The van der Waals surface area contributed by atoms with Gasteiger partial charge in [0.25, 0.3) is 0 Å². The first kappa shape index (κ1) is 22.2. The molecule has 2 unspecified atom stereocenters. The van der Waals surface area contributed by atoms with Crippen LogP contribution in [0.1, 0.15) is 12.8 Å². The summed E-state index contributed by atoms with van der Waals surface area (Å²) < 4.78 is 13.6. The number of nitrogens with two attached hydrogens (primary N) is 2. The van der Waals surface area contributed by atoms with Crippen molar-refractivity contribution in [3.63, 3.8) is 0 Å². The summed E-state index contributed by atoms with van der Waals surface area (Å²) in [6, 6.07) is -2.87. The zero-order valence-corrected chi connectivity index (χ0v) is 11.8. The third-order valence-electron chi connectivity index (χ3n) is 1.62. The zero-order chi connectivity index (χ0) is 18.1. The molecular weight excluding hydrogens is 331 g/mol.